The van der Waals surface area contributed by atoms with Crippen LogP contribution in [0.3, 0.4) is 0 Å². The fraction of sp³-hybridized carbons (Fsp3) is 0.667. The lowest BCUT2D eigenvalue weighted by Crippen LogP contribution is -2.62. The van der Waals surface area contributed by atoms with Crippen LogP contribution in [0.1, 0.15) is 4.88 Å². The molecule has 21 heavy (non-hydrogen) atoms. The number of carbonyl (C=O) groups is 1. The van der Waals surface area contributed by atoms with E-state index in [9.17, 15) is 4.79 Å². The van der Waals surface area contributed by atoms with Gasteiger partial charge >= 0.3 is 0 Å². The van der Waals surface area contributed by atoms with E-state index in [1.54, 1.807) is 11.3 Å². The minimum absolute atomic E-state index is 0.158. The zero-order chi connectivity index (χ0) is 14.5. The van der Waals surface area contributed by atoms with Crippen LogP contribution in [0.5, 0.6) is 0 Å². The van der Waals surface area contributed by atoms with Crippen molar-refractivity contribution in [2.24, 2.45) is 0 Å². The van der Waals surface area contributed by atoms with Gasteiger partial charge < -0.3 is 10.6 Å². The Hall–Kier alpha value is -0.950. The SMILES string of the molecule is O=C(CN1CCN(C2CNC2)CC1)NCCc1cccs1. The molecule has 3 rings (SSSR count). The van der Waals surface area contributed by atoms with Crippen molar-refractivity contribution in [3.8, 4) is 0 Å². The molecule has 0 aromatic carbocycles. The summed E-state index contributed by atoms with van der Waals surface area (Å²) >= 11 is 1.75. The summed E-state index contributed by atoms with van der Waals surface area (Å²) in [5.41, 5.74) is 0. The number of hydrogen-bond donors (Lipinski definition) is 2. The minimum Gasteiger partial charge on any atom is -0.355 e. The van der Waals surface area contributed by atoms with Crippen LogP contribution < -0.4 is 10.6 Å². The lowest BCUT2D eigenvalue weighted by atomic mass is 10.1. The van der Waals surface area contributed by atoms with Crippen LogP contribution in [0.4, 0.5) is 0 Å². The Morgan fingerprint density at radius 1 is 1.33 bits per heavy atom. The van der Waals surface area contributed by atoms with Gasteiger partial charge in [0.15, 0.2) is 0 Å². The van der Waals surface area contributed by atoms with Crippen molar-refractivity contribution in [3.05, 3.63) is 22.4 Å². The highest BCUT2D eigenvalue weighted by molar-refractivity contribution is 7.09. The summed E-state index contributed by atoms with van der Waals surface area (Å²) in [6.07, 6.45) is 0.936. The largest absolute Gasteiger partial charge is 0.355 e. The van der Waals surface area contributed by atoms with Crippen molar-refractivity contribution >= 4 is 17.2 Å². The van der Waals surface area contributed by atoms with Gasteiger partial charge in [-0.3, -0.25) is 14.6 Å². The molecule has 0 saturated carbocycles. The summed E-state index contributed by atoms with van der Waals surface area (Å²) in [5, 5.41) is 8.42. The number of rotatable bonds is 6. The van der Waals surface area contributed by atoms with E-state index in [1.807, 2.05) is 0 Å². The Morgan fingerprint density at radius 2 is 2.14 bits per heavy atom. The molecule has 0 aliphatic carbocycles. The summed E-state index contributed by atoms with van der Waals surface area (Å²) in [6.45, 7) is 7.74. The monoisotopic (exact) mass is 308 g/mol. The second-order valence-electron chi connectivity index (χ2n) is 5.80. The molecular formula is C15H24N4OS. The van der Waals surface area contributed by atoms with Gasteiger partial charge in [0, 0.05) is 56.7 Å². The fourth-order valence-electron chi connectivity index (χ4n) is 2.86. The maximum Gasteiger partial charge on any atom is 0.234 e. The molecule has 2 fully saturated rings. The highest BCUT2D eigenvalue weighted by Gasteiger charge is 2.27. The summed E-state index contributed by atoms with van der Waals surface area (Å²) in [4.78, 5) is 18.1. The Kier molecular flexibility index (Phi) is 5.24. The molecule has 2 aliphatic heterocycles. The summed E-state index contributed by atoms with van der Waals surface area (Å²) < 4.78 is 0. The second kappa shape index (κ2) is 7.35. The standard InChI is InChI=1S/C15H24N4OS/c20-15(17-4-3-14-2-1-9-21-14)12-18-5-7-19(8-6-18)13-10-16-11-13/h1-2,9,13,16H,3-8,10-12H2,(H,17,20). The van der Waals surface area contributed by atoms with Gasteiger partial charge in [-0.05, 0) is 17.9 Å². The third kappa shape index (κ3) is 4.26. The van der Waals surface area contributed by atoms with Crippen molar-refractivity contribution in [1.82, 2.24) is 20.4 Å². The maximum absolute atomic E-state index is 11.9. The van der Waals surface area contributed by atoms with Crippen molar-refractivity contribution in [1.29, 1.82) is 0 Å². The molecule has 116 valence electrons. The summed E-state index contributed by atoms with van der Waals surface area (Å²) in [6, 6.07) is 4.90. The van der Waals surface area contributed by atoms with Gasteiger partial charge in [-0.2, -0.15) is 0 Å². The average molecular weight is 308 g/mol. The van der Waals surface area contributed by atoms with E-state index in [4.69, 9.17) is 0 Å². The van der Waals surface area contributed by atoms with Crippen LogP contribution >= 0.6 is 11.3 Å². The molecule has 5 nitrogen and oxygen atoms in total. The summed E-state index contributed by atoms with van der Waals surface area (Å²) in [7, 11) is 0. The fourth-order valence-corrected chi connectivity index (χ4v) is 3.57. The molecule has 2 N–H and O–H groups in total. The van der Waals surface area contributed by atoms with E-state index in [-0.39, 0.29) is 5.91 Å². The Labute approximate surface area is 130 Å². The zero-order valence-corrected chi connectivity index (χ0v) is 13.2. The van der Waals surface area contributed by atoms with Gasteiger partial charge in [-0.15, -0.1) is 11.3 Å². The zero-order valence-electron chi connectivity index (χ0n) is 12.4. The predicted molar refractivity (Wildman–Crippen MR) is 85.7 cm³/mol. The first-order chi connectivity index (χ1) is 10.3. The van der Waals surface area contributed by atoms with Crippen LogP contribution in [-0.2, 0) is 11.2 Å². The van der Waals surface area contributed by atoms with Crippen LogP contribution in [-0.4, -0.2) is 74.1 Å². The van der Waals surface area contributed by atoms with E-state index in [2.05, 4.69) is 37.9 Å². The van der Waals surface area contributed by atoms with Gasteiger partial charge in [-0.1, -0.05) is 6.07 Å². The van der Waals surface area contributed by atoms with E-state index < -0.39 is 0 Å². The molecule has 1 aromatic rings. The van der Waals surface area contributed by atoms with Gasteiger partial charge in [0.25, 0.3) is 0 Å². The number of hydrogen-bond acceptors (Lipinski definition) is 5. The number of nitrogens with one attached hydrogen (secondary N) is 2. The lowest BCUT2D eigenvalue weighted by molar-refractivity contribution is -0.122. The number of amides is 1. The van der Waals surface area contributed by atoms with Gasteiger partial charge in [0.1, 0.15) is 0 Å². The number of piperazine rings is 1. The van der Waals surface area contributed by atoms with Crippen molar-refractivity contribution in [2.45, 2.75) is 12.5 Å². The molecule has 0 spiro atoms. The number of nitrogens with zero attached hydrogens (tertiary/aromatic N) is 2. The molecule has 0 bridgehead atoms. The van der Waals surface area contributed by atoms with Crippen LogP contribution in [0, 0.1) is 0 Å². The minimum atomic E-state index is 0.158. The molecule has 3 heterocycles. The highest BCUT2D eigenvalue weighted by Crippen LogP contribution is 2.10. The quantitative estimate of drug-likeness (QED) is 0.776. The molecule has 1 aromatic heterocycles. The van der Waals surface area contributed by atoms with Crippen LogP contribution in [0.15, 0.2) is 17.5 Å². The van der Waals surface area contributed by atoms with E-state index >= 15 is 0 Å². The van der Waals surface area contributed by atoms with Crippen LogP contribution in [0.25, 0.3) is 0 Å². The maximum atomic E-state index is 11.9. The first kappa shape index (κ1) is 15.0. The third-order valence-electron chi connectivity index (χ3n) is 4.32. The van der Waals surface area contributed by atoms with Crippen molar-refractivity contribution < 1.29 is 4.79 Å². The topological polar surface area (TPSA) is 47.6 Å². The highest BCUT2D eigenvalue weighted by atomic mass is 32.1. The van der Waals surface area contributed by atoms with Gasteiger partial charge in [-0.25, -0.2) is 0 Å². The molecule has 6 heteroatoms. The van der Waals surface area contributed by atoms with Gasteiger partial charge in [0.05, 0.1) is 6.54 Å². The van der Waals surface area contributed by atoms with E-state index in [0.717, 1.165) is 58.3 Å². The normalized spacial score (nSPS) is 21.1. The smallest absolute Gasteiger partial charge is 0.234 e. The average Bonchev–Trinajstić information content (AvgIpc) is 2.92. The Bertz CT molecular complexity index is 439. The first-order valence-electron chi connectivity index (χ1n) is 7.77. The molecule has 1 amide bonds. The molecule has 2 aliphatic rings. The Morgan fingerprint density at radius 3 is 2.76 bits per heavy atom. The summed E-state index contributed by atoms with van der Waals surface area (Å²) in [5.74, 6) is 0.158. The predicted octanol–water partition coefficient (Wildman–Crippen LogP) is -0.00380. The van der Waals surface area contributed by atoms with Crippen LogP contribution in [0.2, 0.25) is 0 Å². The number of thiophene rings is 1. The molecular weight excluding hydrogens is 284 g/mol. The molecule has 0 unspecified atom stereocenters. The van der Waals surface area contributed by atoms with E-state index in [1.165, 1.54) is 4.88 Å². The lowest BCUT2D eigenvalue weighted by Gasteiger charge is -2.43. The molecule has 0 atom stereocenters. The van der Waals surface area contributed by atoms with Crippen molar-refractivity contribution in [2.75, 3.05) is 52.4 Å². The Balaban J connectivity index is 1.30. The van der Waals surface area contributed by atoms with Crippen molar-refractivity contribution in [3.63, 3.8) is 0 Å². The number of carbonyl (C=O) groups excluding carboxylic acids is 1. The van der Waals surface area contributed by atoms with E-state index in [0.29, 0.717) is 6.54 Å². The van der Waals surface area contributed by atoms with Gasteiger partial charge in [0.2, 0.25) is 5.91 Å². The first-order valence-corrected chi connectivity index (χ1v) is 8.65. The third-order valence-corrected chi connectivity index (χ3v) is 5.26. The molecule has 0 radical (unpaired) electrons. The molecule has 2 saturated heterocycles. The second-order valence-corrected chi connectivity index (χ2v) is 6.84.